The van der Waals surface area contributed by atoms with E-state index in [1.165, 1.54) is 47.4 Å². The van der Waals surface area contributed by atoms with E-state index in [0.717, 1.165) is 0 Å². The Hall–Kier alpha value is -2.76. The summed E-state index contributed by atoms with van der Waals surface area (Å²) in [6.45, 7) is 1.38. The summed E-state index contributed by atoms with van der Waals surface area (Å²) in [4.78, 5) is 27.8. The Bertz CT molecular complexity index is 754. The predicted octanol–water partition coefficient (Wildman–Crippen LogP) is 2.56. The summed E-state index contributed by atoms with van der Waals surface area (Å²) in [5.41, 5.74) is 0.445. The molecular weight excluding hydrogens is 314 g/mol. The maximum absolute atomic E-state index is 13.7. The molecule has 1 fully saturated rings. The van der Waals surface area contributed by atoms with Crippen LogP contribution >= 0.6 is 0 Å². The Kier molecular flexibility index (Phi) is 4.55. The number of amides is 2. The van der Waals surface area contributed by atoms with Crippen molar-refractivity contribution in [2.45, 2.75) is 0 Å². The SMILES string of the molecule is O=C(c1ccc(F)cc1)N1CCN(C(=O)c2ccccc2F)CC1. The zero-order chi connectivity index (χ0) is 17.1. The predicted molar refractivity (Wildman–Crippen MR) is 84.6 cm³/mol. The molecule has 0 aromatic heterocycles. The lowest BCUT2D eigenvalue weighted by Crippen LogP contribution is -2.50. The normalized spacial score (nSPS) is 14.6. The van der Waals surface area contributed by atoms with Crippen LogP contribution in [0.1, 0.15) is 20.7 Å². The van der Waals surface area contributed by atoms with E-state index in [9.17, 15) is 18.4 Å². The molecule has 1 saturated heterocycles. The van der Waals surface area contributed by atoms with E-state index in [0.29, 0.717) is 31.7 Å². The minimum Gasteiger partial charge on any atom is -0.335 e. The van der Waals surface area contributed by atoms with Crippen LogP contribution in [0, 0.1) is 11.6 Å². The maximum atomic E-state index is 13.7. The molecule has 6 heteroatoms. The van der Waals surface area contributed by atoms with Crippen LogP contribution in [0.15, 0.2) is 48.5 Å². The molecule has 0 aliphatic carbocycles. The Labute approximate surface area is 138 Å². The van der Waals surface area contributed by atoms with Crippen molar-refractivity contribution in [3.05, 3.63) is 71.3 Å². The van der Waals surface area contributed by atoms with Crippen LogP contribution in [-0.4, -0.2) is 47.8 Å². The number of benzene rings is 2. The number of halogens is 2. The summed E-state index contributed by atoms with van der Waals surface area (Å²) in [6.07, 6.45) is 0. The van der Waals surface area contributed by atoms with Crippen molar-refractivity contribution in [3.63, 3.8) is 0 Å². The highest BCUT2D eigenvalue weighted by Crippen LogP contribution is 2.14. The summed E-state index contributed by atoms with van der Waals surface area (Å²) >= 11 is 0. The van der Waals surface area contributed by atoms with Gasteiger partial charge in [0.1, 0.15) is 11.6 Å². The van der Waals surface area contributed by atoms with Gasteiger partial charge in [-0.15, -0.1) is 0 Å². The Morgan fingerprint density at radius 3 is 1.88 bits per heavy atom. The van der Waals surface area contributed by atoms with E-state index in [-0.39, 0.29) is 17.4 Å². The third-order valence-electron chi connectivity index (χ3n) is 4.05. The lowest BCUT2D eigenvalue weighted by Gasteiger charge is -2.35. The van der Waals surface area contributed by atoms with Gasteiger partial charge in [-0.1, -0.05) is 12.1 Å². The highest BCUT2D eigenvalue weighted by molar-refractivity contribution is 5.96. The van der Waals surface area contributed by atoms with E-state index in [4.69, 9.17) is 0 Å². The number of carbonyl (C=O) groups is 2. The Morgan fingerprint density at radius 2 is 1.29 bits per heavy atom. The molecule has 24 heavy (non-hydrogen) atoms. The average molecular weight is 330 g/mol. The second-order valence-electron chi connectivity index (χ2n) is 5.57. The molecule has 2 amide bonds. The average Bonchev–Trinajstić information content (AvgIpc) is 2.62. The van der Waals surface area contributed by atoms with Crippen LogP contribution in [0.4, 0.5) is 8.78 Å². The van der Waals surface area contributed by atoms with Gasteiger partial charge in [0.05, 0.1) is 5.56 Å². The summed E-state index contributed by atoms with van der Waals surface area (Å²) in [5.74, 6) is -1.52. The van der Waals surface area contributed by atoms with Gasteiger partial charge in [-0.05, 0) is 36.4 Å². The third kappa shape index (κ3) is 3.27. The van der Waals surface area contributed by atoms with Crippen LogP contribution in [0.2, 0.25) is 0 Å². The summed E-state index contributed by atoms with van der Waals surface area (Å²) < 4.78 is 26.6. The highest BCUT2D eigenvalue weighted by atomic mass is 19.1. The number of hydrogen-bond donors (Lipinski definition) is 0. The minimum absolute atomic E-state index is 0.0378. The number of piperazine rings is 1. The van der Waals surface area contributed by atoms with Gasteiger partial charge in [-0.3, -0.25) is 9.59 Å². The first-order valence-electron chi connectivity index (χ1n) is 7.65. The fraction of sp³-hybridized carbons (Fsp3) is 0.222. The van der Waals surface area contributed by atoms with Crippen molar-refractivity contribution in [2.75, 3.05) is 26.2 Å². The van der Waals surface area contributed by atoms with Crippen molar-refractivity contribution in [2.24, 2.45) is 0 Å². The van der Waals surface area contributed by atoms with Crippen LogP contribution in [0.25, 0.3) is 0 Å². The zero-order valence-corrected chi connectivity index (χ0v) is 12.9. The standard InChI is InChI=1S/C18H16F2N2O2/c19-14-7-5-13(6-8-14)17(23)21-9-11-22(12-10-21)18(24)15-3-1-2-4-16(15)20/h1-8H,9-12H2. The molecule has 4 nitrogen and oxygen atoms in total. The van der Waals surface area contributed by atoms with Gasteiger partial charge < -0.3 is 9.80 Å². The molecule has 0 saturated carbocycles. The maximum Gasteiger partial charge on any atom is 0.256 e. The fourth-order valence-corrected chi connectivity index (χ4v) is 2.69. The van der Waals surface area contributed by atoms with Crippen molar-refractivity contribution in [3.8, 4) is 0 Å². The van der Waals surface area contributed by atoms with Crippen LogP contribution < -0.4 is 0 Å². The Morgan fingerprint density at radius 1 is 0.750 bits per heavy atom. The molecule has 0 unspecified atom stereocenters. The molecule has 0 spiro atoms. The first-order chi connectivity index (χ1) is 11.6. The van der Waals surface area contributed by atoms with Gasteiger partial charge in [0, 0.05) is 31.7 Å². The number of carbonyl (C=O) groups excluding carboxylic acids is 2. The quantitative estimate of drug-likeness (QED) is 0.849. The van der Waals surface area contributed by atoms with Crippen molar-refractivity contribution >= 4 is 11.8 Å². The van der Waals surface area contributed by atoms with Crippen molar-refractivity contribution in [1.29, 1.82) is 0 Å². The van der Waals surface area contributed by atoms with E-state index in [1.54, 1.807) is 11.0 Å². The van der Waals surface area contributed by atoms with Crippen molar-refractivity contribution < 1.29 is 18.4 Å². The highest BCUT2D eigenvalue weighted by Gasteiger charge is 2.26. The molecule has 0 radical (unpaired) electrons. The van der Waals surface area contributed by atoms with Gasteiger partial charge in [0.15, 0.2) is 0 Å². The molecule has 124 valence electrons. The lowest BCUT2D eigenvalue weighted by molar-refractivity contribution is 0.0532. The zero-order valence-electron chi connectivity index (χ0n) is 12.9. The summed E-state index contributed by atoms with van der Waals surface area (Å²) in [6, 6.07) is 11.2. The second kappa shape index (κ2) is 6.78. The van der Waals surface area contributed by atoms with Gasteiger partial charge in [-0.25, -0.2) is 8.78 Å². The lowest BCUT2D eigenvalue weighted by atomic mass is 10.1. The van der Waals surface area contributed by atoms with Gasteiger partial charge in [-0.2, -0.15) is 0 Å². The Balaban J connectivity index is 1.63. The second-order valence-corrected chi connectivity index (χ2v) is 5.57. The summed E-state index contributed by atoms with van der Waals surface area (Å²) in [7, 11) is 0. The molecule has 3 rings (SSSR count). The van der Waals surface area contributed by atoms with Gasteiger partial charge in [0.25, 0.3) is 11.8 Å². The molecule has 2 aromatic rings. The van der Waals surface area contributed by atoms with Crippen LogP contribution in [-0.2, 0) is 0 Å². The first-order valence-corrected chi connectivity index (χ1v) is 7.65. The van der Waals surface area contributed by atoms with Crippen LogP contribution in [0.3, 0.4) is 0 Å². The topological polar surface area (TPSA) is 40.6 Å². The fourth-order valence-electron chi connectivity index (χ4n) is 2.69. The molecule has 1 heterocycles. The number of rotatable bonds is 2. The minimum atomic E-state index is -0.549. The molecule has 0 N–H and O–H groups in total. The smallest absolute Gasteiger partial charge is 0.256 e. The van der Waals surface area contributed by atoms with E-state index in [2.05, 4.69) is 0 Å². The third-order valence-corrected chi connectivity index (χ3v) is 4.05. The molecule has 0 bridgehead atoms. The van der Waals surface area contributed by atoms with E-state index < -0.39 is 11.6 Å². The van der Waals surface area contributed by atoms with Crippen molar-refractivity contribution in [1.82, 2.24) is 9.80 Å². The molecule has 0 atom stereocenters. The molecular formula is C18H16F2N2O2. The monoisotopic (exact) mass is 330 g/mol. The number of hydrogen-bond acceptors (Lipinski definition) is 2. The molecule has 2 aromatic carbocycles. The summed E-state index contributed by atoms with van der Waals surface area (Å²) in [5, 5.41) is 0. The van der Waals surface area contributed by atoms with Gasteiger partial charge >= 0.3 is 0 Å². The number of nitrogens with zero attached hydrogens (tertiary/aromatic N) is 2. The molecule has 1 aliphatic heterocycles. The molecule has 1 aliphatic rings. The van der Waals surface area contributed by atoms with Crippen LogP contribution in [0.5, 0.6) is 0 Å². The van der Waals surface area contributed by atoms with E-state index >= 15 is 0 Å². The van der Waals surface area contributed by atoms with E-state index in [1.807, 2.05) is 0 Å². The first kappa shape index (κ1) is 16.1. The largest absolute Gasteiger partial charge is 0.335 e. The van der Waals surface area contributed by atoms with Gasteiger partial charge in [0.2, 0.25) is 0 Å².